The molecular formula is C20H23FN2O. The number of fused-ring (bicyclic) bond motifs is 2. The highest BCUT2D eigenvalue weighted by molar-refractivity contribution is 5.62. The van der Waals surface area contributed by atoms with Crippen LogP contribution in [0.2, 0.25) is 0 Å². The number of methoxy groups -OCH3 is 1. The average Bonchev–Trinajstić information content (AvgIpc) is 2.62. The van der Waals surface area contributed by atoms with Gasteiger partial charge >= 0.3 is 0 Å². The van der Waals surface area contributed by atoms with Crippen LogP contribution >= 0.6 is 0 Å². The average molecular weight is 326 g/mol. The molecule has 0 N–H and O–H groups in total. The third kappa shape index (κ3) is 2.59. The Hall–Kier alpha value is -1.94. The fourth-order valence-electron chi connectivity index (χ4n) is 4.38. The molecule has 2 saturated heterocycles. The van der Waals surface area contributed by atoms with Crippen molar-refractivity contribution in [2.24, 2.45) is 0 Å². The van der Waals surface area contributed by atoms with E-state index in [9.17, 15) is 4.39 Å². The Morgan fingerprint density at radius 1 is 1.12 bits per heavy atom. The first-order valence-corrected chi connectivity index (χ1v) is 8.74. The largest absolute Gasteiger partial charge is 0.494 e. The number of rotatable bonds is 3. The van der Waals surface area contributed by atoms with Gasteiger partial charge in [0.05, 0.1) is 12.8 Å². The number of nitrogens with zero attached hydrogens (tertiary/aromatic N) is 2. The van der Waals surface area contributed by atoms with Crippen LogP contribution in [0, 0.1) is 5.82 Å². The summed E-state index contributed by atoms with van der Waals surface area (Å²) in [5.41, 5.74) is 2.70. The summed E-state index contributed by atoms with van der Waals surface area (Å²) in [6, 6.07) is 9.28. The van der Waals surface area contributed by atoms with E-state index in [0.29, 0.717) is 11.3 Å². The van der Waals surface area contributed by atoms with Crippen LogP contribution in [0.4, 0.5) is 4.39 Å². The van der Waals surface area contributed by atoms with Crippen LogP contribution < -0.4 is 4.74 Å². The third-order valence-corrected chi connectivity index (χ3v) is 5.62. The SMILES string of the molecule is COc1cccc(-c2ccc(C34CCCN(CCC3)C4)cn2)c1F. The molecule has 0 unspecified atom stereocenters. The molecule has 4 rings (SSSR count). The van der Waals surface area contributed by atoms with E-state index in [0.717, 1.165) is 6.54 Å². The highest BCUT2D eigenvalue weighted by Gasteiger charge is 2.39. The van der Waals surface area contributed by atoms with Crippen molar-refractivity contribution in [1.82, 2.24) is 9.88 Å². The Balaban J connectivity index is 1.66. The zero-order chi connectivity index (χ0) is 16.6. The van der Waals surface area contributed by atoms with Crippen LogP contribution in [0.5, 0.6) is 5.75 Å². The van der Waals surface area contributed by atoms with Gasteiger partial charge in [-0.05, 0) is 62.5 Å². The smallest absolute Gasteiger partial charge is 0.174 e. The lowest BCUT2D eigenvalue weighted by Crippen LogP contribution is -2.50. The van der Waals surface area contributed by atoms with Gasteiger partial charge in [0, 0.05) is 23.7 Å². The summed E-state index contributed by atoms with van der Waals surface area (Å²) in [6.45, 7) is 3.59. The van der Waals surface area contributed by atoms with E-state index >= 15 is 0 Å². The Morgan fingerprint density at radius 3 is 2.58 bits per heavy atom. The number of hydrogen-bond acceptors (Lipinski definition) is 3. The molecule has 2 aromatic rings. The summed E-state index contributed by atoms with van der Waals surface area (Å²) in [6.07, 6.45) is 6.94. The summed E-state index contributed by atoms with van der Waals surface area (Å²) >= 11 is 0. The number of ether oxygens (including phenoxy) is 1. The number of halogens is 1. The van der Waals surface area contributed by atoms with Crippen molar-refractivity contribution in [3.05, 3.63) is 47.9 Å². The molecule has 0 amide bonds. The molecule has 0 aliphatic carbocycles. The Kier molecular flexibility index (Phi) is 4.01. The predicted molar refractivity (Wildman–Crippen MR) is 92.8 cm³/mol. The molecule has 126 valence electrons. The summed E-state index contributed by atoms with van der Waals surface area (Å²) in [5.74, 6) is -0.0907. The lowest BCUT2D eigenvalue weighted by Gasteiger charge is -2.47. The van der Waals surface area contributed by atoms with Crippen LogP contribution in [0.15, 0.2) is 36.5 Å². The van der Waals surface area contributed by atoms with E-state index in [1.54, 1.807) is 18.2 Å². The molecule has 2 fully saturated rings. The topological polar surface area (TPSA) is 25.4 Å². The first kappa shape index (κ1) is 15.6. The van der Waals surface area contributed by atoms with Crippen molar-refractivity contribution < 1.29 is 9.13 Å². The first-order valence-electron chi connectivity index (χ1n) is 8.74. The third-order valence-electron chi connectivity index (χ3n) is 5.62. The zero-order valence-corrected chi connectivity index (χ0v) is 14.1. The molecule has 2 bridgehead atoms. The van der Waals surface area contributed by atoms with Gasteiger partial charge < -0.3 is 9.64 Å². The Morgan fingerprint density at radius 2 is 1.92 bits per heavy atom. The number of hydrogen-bond donors (Lipinski definition) is 0. The van der Waals surface area contributed by atoms with Crippen LogP contribution in [0.1, 0.15) is 31.2 Å². The van der Waals surface area contributed by atoms with E-state index in [-0.39, 0.29) is 17.0 Å². The summed E-state index contributed by atoms with van der Waals surface area (Å²) < 4.78 is 19.5. The van der Waals surface area contributed by atoms with Crippen molar-refractivity contribution in [2.45, 2.75) is 31.1 Å². The molecular weight excluding hydrogens is 303 g/mol. The maximum atomic E-state index is 14.4. The quantitative estimate of drug-likeness (QED) is 0.852. The minimum atomic E-state index is -0.347. The first-order chi connectivity index (χ1) is 11.7. The number of aromatic nitrogens is 1. The van der Waals surface area contributed by atoms with Gasteiger partial charge in [-0.3, -0.25) is 4.98 Å². The summed E-state index contributed by atoms with van der Waals surface area (Å²) in [7, 11) is 1.48. The maximum absolute atomic E-state index is 14.4. The fourth-order valence-corrected chi connectivity index (χ4v) is 4.38. The van der Waals surface area contributed by atoms with Gasteiger partial charge in [-0.1, -0.05) is 12.1 Å². The number of benzene rings is 1. The van der Waals surface area contributed by atoms with E-state index in [1.165, 1.54) is 51.4 Å². The van der Waals surface area contributed by atoms with E-state index < -0.39 is 0 Å². The van der Waals surface area contributed by atoms with Gasteiger partial charge in [0.25, 0.3) is 0 Å². The predicted octanol–water partition coefficient (Wildman–Crippen LogP) is 4.02. The molecule has 3 nitrogen and oxygen atoms in total. The standard InChI is InChI=1S/C20H23FN2O/c1-24-18-6-2-5-16(19(18)21)17-8-7-15(13-22-17)20-9-3-11-23(14-20)12-4-10-20/h2,5-8,13H,3-4,9-12,14H2,1H3. The second-order valence-corrected chi connectivity index (χ2v) is 7.02. The van der Waals surface area contributed by atoms with Crippen LogP contribution in [-0.4, -0.2) is 36.6 Å². The molecule has 0 spiro atoms. The van der Waals surface area contributed by atoms with E-state index in [2.05, 4.69) is 16.0 Å². The second kappa shape index (κ2) is 6.17. The minimum absolute atomic E-state index is 0.245. The Labute approximate surface area is 142 Å². The van der Waals surface area contributed by atoms with Gasteiger partial charge in [-0.2, -0.15) is 0 Å². The highest BCUT2D eigenvalue weighted by atomic mass is 19.1. The van der Waals surface area contributed by atoms with E-state index in [1.807, 2.05) is 12.3 Å². The minimum Gasteiger partial charge on any atom is -0.494 e. The van der Waals surface area contributed by atoms with Crippen LogP contribution in [-0.2, 0) is 5.41 Å². The van der Waals surface area contributed by atoms with Crippen molar-refractivity contribution in [3.8, 4) is 17.0 Å². The fraction of sp³-hybridized carbons (Fsp3) is 0.450. The lowest BCUT2D eigenvalue weighted by atomic mass is 9.69. The van der Waals surface area contributed by atoms with Gasteiger partial charge in [0.2, 0.25) is 0 Å². The molecule has 3 heterocycles. The molecule has 0 radical (unpaired) electrons. The van der Waals surface area contributed by atoms with Crippen molar-refractivity contribution >= 4 is 0 Å². The van der Waals surface area contributed by atoms with Gasteiger partial charge in [0.1, 0.15) is 0 Å². The van der Waals surface area contributed by atoms with Crippen molar-refractivity contribution in [3.63, 3.8) is 0 Å². The Bertz CT molecular complexity index is 719. The maximum Gasteiger partial charge on any atom is 0.174 e. The van der Waals surface area contributed by atoms with Gasteiger partial charge in [0.15, 0.2) is 11.6 Å². The highest BCUT2D eigenvalue weighted by Crippen LogP contribution is 2.41. The molecule has 0 atom stereocenters. The van der Waals surface area contributed by atoms with Crippen LogP contribution in [0.25, 0.3) is 11.3 Å². The number of piperidine rings is 2. The summed E-state index contributed by atoms with van der Waals surface area (Å²) in [4.78, 5) is 7.16. The molecule has 24 heavy (non-hydrogen) atoms. The number of pyridine rings is 1. The normalized spacial score (nSPS) is 26.2. The zero-order valence-electron chi connectivity index (χ0n) is 14.1. The van der Waals surface area contributed by atoms with E-state index in [4.69, 9.17) is 4.74 Å². The second-order valence-electron chi connectivity index (χ2n) is 7.02. The molecule has 1 aromatic carbocycles. The molecule has 0 saturated carbocycles. The van der Waals surface area contributed by atoms with Crippen molar-refractivity contribution in [1.29, 1.82) is 0 Å². The lowest BCUT2D eigenvalue weighted by molar-refractivity contribution is 0.0941. The molecule has 2 aliphatic heterocycles. The molecule has 4 heteroatoms. The summed E-state index contributed by atoms with van der Waals surface area (Å²) in [5, 5.41) is 0. The van der Waals surface area contributed by atoms with Crippen molar-refractivity contribution in [2.75, 3.05) is 26.7 Å². The molecule has 2 aliphatic rings. The monoisotopic (exact) mass is 326 g/mol. The van der Waals surface area contributed by atoms with Crippen LogP contribution in [0.3, 0.4) is 0 Å². The van der Waals surface area contributed by atoms with Gasteiger partial charge in [-0.25, -0.2) is 4.39 Å². The van der Waals surface area contributed by atoms with Gasteiger partial charge in [-0.15, -0.1) is 0 Å². The molecule has 1 aromatic heterocycles.